The molecule has 3 aromatic rings. The molecule has 29 heavy (non-hydrogen) atoms. The number of esters is 1. The fourth-order valence-corrected chi connectivity index (χ4v) is 2.87. The summed E-state index contributed by atoms with van der Waals surface area (Å²) in [4.78, 5) is 24.9. The Kier molecular flexibility index (Phi) is 6.29. The lowest BCUT2D eigenvalue weighted by Crippen LogP contribution is -2.35. The van der Waals surface area contributed by atoms with Crippen LogP contribution < -0.4 is 10.1 Å². The van der Waals surface area contributed by atoms with Gasteiger partial charge in [-0.25, -0.2) is 9.48 Å². The molecule has 3 rings (SSSR count). The predicted molar refractivity (Wildman–Crippen MR) is 109 cm³/mol. The average molecular weight is 393 g/mol. The zero-order valence-corrected chi connectivity index (χ0v) is 16.6. The SMILES string of the molecule is CCNC(=O)[C@@H](C)OC(=O)c1cn(-c2ccccc2)nc1-c1ccccc1OC. The van der Waals surface area contributed by atoms with E-state index in [0.29, 0.717) is 23.6 Å². The summed E-state index contributed by atoms with van der Waals surface area (Å²) >= 11 is 0. The number of hydrogen-bond acceptors (Lipinski definition) is 5. The number of hydrogen-bond donors (Lipinski definition) is 1. The molecule has 2 aromatic carbocycles. The lowest BCUT2D eigenvalue weighted by atomic mass is 10.1. The van der Waals surface area contributed by atoms with Crippen molar-refractivity contribution in [2.45, 2.75) is 20.0 Å². The second-order valence-electron chi connectivity index (χ2n) is 6.31. The van der Waals surface area contributed by atoms with Gasteiger partial charge in [0.1, 0.15) is 17.0 Å². The minimum Gasteiger partial charge on any atom is -0.496 e. The highest BCUT2D eigenvalue weighted by Crippen LogP contribution is 2.32. The van der Waals surface area contributed by atoms with Gasteiger partial charge in [-0.3, -0.25) is 4.79 Å². The molecule has 150 valence electrons. The van der Waals surface area contributed by atoms with Gasteiger partial charge in [-0.15, -0.1) is 0 Å². The van der Waals surface area contributed by atoms with Crippen LogP contribution in [0.1, 0.15) is 24.2 Å². The van der Waals surface area contributed by atoms with Crippen LogP contribution in [-0.4, -0.2) is 41.4 Å². The zero-order chi connectivity index (χ0) is 20.8. The zero-order valence-electron chi connectivity index (χ0n) is 16.6. The van der Waals surface area contributed by atoms with Crippen LogP contribution in [0.15, 0.2) is 60.8 Å². The molecule has 0 radical (unpaired) electrons. The first-order valence-corrected chi connectivity index (χ1v) is 9.32. The van der Waals surface area contributed by atoms with Crippen molar-refractivity contribution in [2.24, 2.45) is 0 Å². The second-order valence-corrected chi connectivity index (χ2v) is 6.31. The van der Waals surface area contributed by atoms with E-state index >= 15 is 0 Å². The van der Waals surface area contributed by atoms with Gasteiger partial charge in [-0.1, -0.05) is 30.3 Å². The maximum absolute atomic E-state index is 12.9. The van der Waals surface area contributed by atoms with Crippen molar-refractivity contribution in [3.8, 4) is 22.7 Å². The van der Waals surface area contributed by atoms with Crippen molar-refractivity contribution in [1.29, 1.82) is 0 Å². The summed E-state index contributed by atoms with van der Waals surface area (Å²) in [6, 6.07) is 16.7. The van der Waals surface area contributed by atoms with Crippen LogP contribution in [0, 0.1) is 0 Å². The highest BCUT2D eigenvalue weighted by molar-refractivity contribution is 5.98. The van der Waals surface area contributed by atoms with E-state index in [1.54, 1.807) is 31.0 Å². The highest BCUT2D eigenvalue weighted by atomic mass is 16.5. The monoisotopic (exact) mass is 393 g/mol. The number of nitrogens with zero attached hydrogens (tertiary/aromatic N) is 2. The third kappa shape index (κ3) is 4.45. The third-order valence-electron chi connectivity index (χ3n) is 4.32. The van der Waals surface area contributed by atoms with Gasteiger partial charge in [0.15, 0.2) is 6.10 Å². The van der Waals surface area contributed by atoms with E-state index in [-0.39, 0.29) is 11.5 Å². The Hall–Kier alpha value is -3.61. The average Bonchev–Trinajstić information content (AvgIpc) is 3.20. The molecule has 0 saturated carbocycles. The van der Waals surface area contributed by atoms with Gasteiger partial charge in [0.05, 0.1) is 12.8 Å². The van der Waals surface area contributed by atoms with Crippen LogP contribution in [-0.2, 0) is 9.53 Å². The summed E-state index contributed by atoms with van der Waals surface area (Å²) in [6.45, 7) is 3.79. The molecule has 1 aromatic heterocycles. The number of para-hydroxylation sites is 2. The normalized spacial score (nSPS) is 11.6. The van der Waals surface area contributed by atoms with Crippen LogP contribution in [0.5, 0.6) is 5.75 Å². The van der Waals surface area contributed by atoms with E-state index in [9.17, 15) is 9.59 Å². The van der Waals surface area contributed by atoms with Gasteiger partial charge in [0.25, 0.3) is 5.91 Å². The molecule has 7 heteroatoms. The summed E-state index contributed by atoms with van der Waals surface area (Å²) in [5, 5.41) is 7.24. The number of ether oxygens (including phenoxy) is 2. The van der Waals surface area contributed by atoms with Crippen molar-refractivity contribution < 1.29 is 19.1 Å². The maximum Gasteiger partial charge on any atom is 0.342 e. The van der Waals surface area contributed by atoms with Gasteiger partial charge in [-0.05, 0) is 38.1 Å². The smallest absolute Gasteiger partial charge is 0.342 e. The van der Waals surface area contributed by atoms with Gasteiger partial charge in [0.2, 0.25) is 0 Å². The lowest BCUT2D eigenvalue weighted by molar-refractivity contribution is -0.128. The number of carbonyl (C=O) groups excluding carboxylic acids is 2. The molecule has 0 aliphatic carbocycles. The van der Waals surface area contributed by atoms with Crippen molar-refractivity contribution >= 4 is 11.9 Å². The molecule has 0 bridgehead atoms. The van der Waals surface area contributed by atoms with Crippen LogP contribution in [0.4, 0.5) is 0 Å². The minimum atomic E-state index is -0.923. The largest absolute Gasteiger partial charge is 0.496 e. The standard InChI is InChI=1S/C22H23N3O4/c1-4-23-21(26)15(2)29-22(27)18-14-25(16-10-6-5-7-11-16)24-20(18)17-12-8-9-13-19(17)28-3/h5-15H,4H2,1-3H3,(H,23,26)/t15-/m1/s1. The minimum absolute atomic E-state index is 0.245. The Morgan fingerprint density at radius 1 is 1.10 bits per heavy atom. The van der Waals surface area contributed by atoms with Crippen molar-refractivity contribution in [3.63, 3.8) is 0 Å². The summed E-state index contributed by atoms with van der Waals surface area (Å²) in [5.74, 6) is -0.404. The third-order valence-corrected chi connectivity index (χ3v) is 4.32. The Morgan fingerprint density at radius 2 is 1.79 bits per heavy atom. The molecule has 1 amide bonds. The van der Waals surface area contributed by atoms with Crippen molar-refractivity contribution in [2.75, 3.05) is 13.7 Å². The fourth-order valence-electron chi connectivity index (χ4n) is 2.87. The molecule has 0 spiro atoms. The number of nitrogens with one attached hydrogen (secondary N) is 1. The van der Waals surface area contributed by atoms with Gasteiger partial charge >= 0.3 is 5.97 Å². The quantitative estimate of drug-likeness (QED) is 0.623. The first-order chi connectivity index (χ1) is 14.0. The summed E-state index contributed by atoms with van der Waals surface area (Å²) < 4.78 is 12.4. The van der Waals surface area contributed by atoms with E-state index in [4.69, 9.17) is 9.47 Å². The second kappa shape index (κ2) is 9.05. The Bertz CT molecular complexity index is 998. The summed E-state index contributed by atoms with van der Waals surface area (Å²) in [7, 11) is 1.56. The molecule has 7 nitrogen and oxygen atoms in total. The van der Waals surface area contributed by atoms with Crippen LogP contribution in [0.3, 0.4) is 0 Å². The lowest BCUT2D eigenvalue weighted by Gasteiger charge is -2.13. The van der Waals surface area contributed by atoms with Crippen molar-refractivity contribution in [1.82, 2.24) is 15.1 Å². The number of rotatable bonds is 7. The van der Waals surface area contributed by atoms with E-state index in [0.717, 1.165) is 5.69 Å². The number of aromatic nitrogens is 2. The topological polar surface area (TPSA) is 82.5 Å². The predicted octanol–water partition coefficient (Wildman–Crippen LogP) is 3.23. The Labute approximate surface area is 169 Å². The van der Waals surface area contributed by atoms with E-state index in [2.05, 4.69) is 10.4 Å². The van der Waals surface area contributed by atoms with Gasteiger partial charge < -0.3 is 14.8 Å². The first kappa shape index (κ1) is 20.1. The molecular weight excluding hydrogens is 370 g/mol. The highest BCUT2D eigenvalue weighted by Gasteiger charge is 2.25. The van der Waals surface area contributed by atoms with E-state index in [1.807, 2.05) is 48.5 Å². The van der Waals surface area contributed by atoms with E-state index in [1.165, 1.54) is 6.92 Å². The molecule has 0 saturated heterocycles. The number of benzene rings is 2. The number of carbonyl (C=O) groups is 2. The summed E-state index contributed by atoms with van der Waals surface area (Å²) in [6.07, 6.45) is 0.678. The molecule has 1 atom stereocenters. The molecule has 1 heterocycles. The van der Waals surface area contributed by atoms with Crippen LogP contribution in [0.2, 0.25) is 0 Å². The first-order valence-electron chi connectivity index (χ1n) is 9.32. The van der Waals surface area contributed by atoms with Gasteiger partial charge in [0, 0.05) is 18.3 Å². The van der Waals surface area contributed by atoms with Crippen molar-refractivity contribution in [3.05, 3.63) is 66.4 Å². The molecule has 0 fully saturated rings. The van der Waals surface area contributed by atoms with Gasteiger partial charge in [-0.2, -0.15) is 5.10 Å². The molecule has 0 aliphatic heterocycles. The molecular formula is C22H23N3O4. The Morgan fingerprint density at radius 3 is 2.48 bits per heavy atom. The number of amides is 1. The molecule has 1 N–H and O–H groups in total. The summed E-state index contributed by atoms with van der Waals surface area (Å²) in [5.41, 5.74) is 2.11. The number of methoxy groups -OCH3 is 1. The fraction of sp³-hybridized carbons (Fsp3) is 0.227. The van der Waals surface area contributed by atoms with Crippen LogP contribution >= 0.6 is 0 Å². The Balaban J connectivity index is 2.03. The van der Waals surface area contributed by atoms with Crippen LogP contribution in [0.25, 0.3) is 16.9 Å². The molecule has 0 aliphatic rings. The maximum atomic E-state index is 12.9. The number of likely N-dealkylation sites (N-methyl/N-ethyl adjacent to an activating group) is 1. The van der Waals surface area contributed by atoms with E-state index < -0.39 is 12.1 Å². The molecule has 0 unspecified atom stereocenters.